The van der Waals surface area contributed by atoms with Gasteiger partial charge in [0.05, 0.1) is 12.8 Å². The van der Waals surface area contributed by atoms with Gasteiger partial charge in [0.2, 0.25) is 0 Å². The summed E-state index contributed by atoms with van der Waals surface area (Å²) in [6, 6.07) is 2.72. The molecule has 2 rings (SSSR count). The van der Waals surface area contributed by atoms with Gasteiger partial charge in [-0.3, -0.25) is 4.98 Å². The minimum atomic E-state index is 0.566. The third-order valence-electron chi connectivity index (χ3n) is 2.97. The summed E-state index contributed by atoms with van der Waals surface area (Å²) in [6.07, 6.45) is 6.19. The summed E-state index contributed by atoms with van der Waals surface area (Å²) in [5, 5.41) is 3.49. The summed E-state index contributed by atoms with van der Waals surface area (Å²) in [5.74, 6) is 1.43. The summed E-state index contributed by atoms with van der Waals surface area (Å²) in [4.78, 5) is 4.12. The van der Waals surface area contributed by atoms with Gasteiger partial charge in [-0.1, -0.05) is 13.8 Å². The molecule has 1 saturated carbocycles. The monoisotopic (exact) mass is 264 g/mol. The Bertz CT molecular complexity index is 378. The third-order valence-corrected chi connectivity index (χ3v) is 2.97. The highest BCUT2D eigenvalue weighted by molar-refractivity contribution is 5.29. The van der Waals surface area contributed by atoms with Crippen molar-refractivity contribution in [1.29, 1.82) is 0 Å². The van der Waals surface area contributed by atoms with Crippen molar-refractivity contribution >= 4 is 0 Å². The molecule has 1 N–H and O–H groups in total. The first kappa shape index (κ1) is 14.3. The average molecular weight is 264 g/mol. The maximum atomic E-state index is 5.74. The molecule has 1 aromatic rings. The molecule has 0 spiro atoms. The number of hydrogen-bond donors (Lipinski definition) is 1. The van der Waals surface area contributed by atoms with Crippen molar-refractivity contribution in [3.8, 4) is 5.75 Å². The van der Waals surface area contributed by atoms with Crippen LogP contribution in [0.15, 0.2) is 18.5 Å². The topological polar surface area (TPSA) is 43.4 Å². The highest BCUT2D eigenvalue weighted by Crippen LogP contribution is 2.21. The Hall–Kier alpha value is -1.13. The Morgan fingerprint density at radius 2 is 2.21 bits per heavy atom. The van der Waals surface area contributed by atoms with Crippen molar-refractivity contribution in [1.82, 2.24) is 10.3 Å². The largest absolute Gasteiger partial charge is 0.489 e. The van der Waals surface area contributed by atoms with Crippen LogP contribution in [0.5, 0.6) is 5.75 Å². The second kappa shape index (κ2) is 7.46. The number of hydrogen-bond acceptors (Lipinski definition) is 4. The van der Waals surface area contributed by atoms with Crippen LogP contribution in [-0.4, -0.2) is 30.8 Å². The molecule has 0 aromatic carbocycles. The van der Waals surface area contributed by atoms with Crippen molar-refractivity contribution in [2.45, 2.75) is 39.3 Å². The molecule has 1 aliphatic carbocycles. The molecule has 1 aliphatic rings. The van der Waals surface area contributed by atoms with Gasteiger partial charge in [0.1, 0.15) is 12.4 Å². The molecule has 1 heterocycles. The smallest absolute Gasteiger partial charge is 0.142 e. The van der Waals surface area contributed by atoms with Gasteiger partial charge >= 0.3 is 0 Å². The lowest BCUT2D eigenvalue weighted by Crippen LogP contribution is -2.17. The van der Waals surface area contributed by atoms with Crippen LogP contribution < -0.4 is 10.1 Å². The fourth-order valence-electron chi connectivity index (χ4n) is 1.76. The van der Waals surface area contributed by atoms with Crippen molar-refractivity contribution < 1.29 is 9.47 Å². The molecular weight excluding hydrogens is 240 g/mol. The lowest BCUT2D eigenvalue weighted by molar-refractivity contribution is 0.0815. The van der Waals surface area contributed by atoms with Crippen LogP contribution in [0.4, 0.5) is 0 Å². The zero-order chi connectivity index (χ0) is 13.5. The summed E-state index contributed by atoms with van der Waals surface area (Å²) < 4.78 is 11.2. The summed E-state index contributed by atoms with van der Waals surface area (Å²) in [7, 11) is 0. The van der Waals surface area contributed by atoms with E-state index >= 15 is 0 Å². The second-order valence-electron chi connectivity index (χ2n) is 5.46. The summed E-state index contributed by atoms with van der Waals surface area (Å²) in [6.45, 7) is 7.13. The van der Waals surface area contributed by atoms with Crippen LogP contribution in [0.3, 0.4) is 0 Å². The zero-order valence-electron chi connectivity index (χ0n) is 11.9. The lowest BCUT2D eigenvalue weighted by Gasteiger charge is -2.12. The van der Waals surface area contributed by atoms with Gasteiger partial charge in [-0.05, 0) is 24.8 Å². The Morgan fingerprint density at radius 1 is 1.37 bits per heavy atom. The first-order valence-electron chi connectivity index (χ1n) is 7.12. The zero-order valence-corrected chi connectivity index (χ0v) is 11.9. The van der Waals surface area contributed by atoms with E-state index in [1.54, 1.807) is 6.20 Å². The van der Waals surface area contributed by atoms with Gasteiger partial charge in [-0.15, -0.1) is 0 Å². The molecule has 4 nitrogen and oxygen atoms in total. The van der Waals surface area contributed by atoms with Crippen LogP contribution in [0, 0.1) is 5.92 Å². The molecule has 0 aliphatic heterocycles. The molecule has 0 radical (unpaired) electrons. The SMILES string of the molecule is CC(C)COCCOc1cnccc1CNC1CC1. The van der Waals surface area contributed by atoms with Gasteiger partial charge in [0, 0.05) is 31.0 Å². The van der Waals surface area contributed by atoms with E-state index in [9.17, 15) is 0 Å². The fourth-order valence-corrected chi connectivity index (χ4v) is 1.76. The van der Waals surface area contributed by atoms with Crippen LogP contribution in [0.25, 0.3) is 0 Å². The molecule has 1 fully saturated rings. The fraction of sp³-hybridized carbons (Fsp3) is 0.667. The van der Waals surface area contributed by atoms with Gasteiger partial charge in [-0.25, -0.2) is 0 Å². The average Bonchev–Trinajstić information content (AvgIpc) is 3.21. The Kier molecular flexibility index (Phi) is 5.61. The highest BCUT2D eigenvalue weighted by atomic mass is 16.5. The number of pyridine rings is 1. The first-order chi connectivity index (χ1) is 9.25. The predicted molar refractivity (Wildman–Crippen MR) is 75.3 cm³/mol. The van der Waals surface area contributed by atoms with E-state index in [4.69, 9.17) is 9.47 Å². The number of ether oxygens (including phenoxy) is 2. The van der Waals surface area contributed by atoms with Gasteiger partial charge in [0.25, 0.3) is 0 Å². The van der Waals surface area contributed by atoms with E-state index in [2.05, 4.69) is 24.1 Å². The highest BCUT2D eigenvalue weighted by Gasteiger charge is 2.20. The Morgan fingerprint density at radius 3 is 2.95 bits per heavy atom. The Balaban J connectivity index is 1.71. The van der Waals surface area contributed by atoms with Crippen molar-refractivity contribution in [3.63, 3.8) is 0 Å². The summed E-state index contributed by atoms with van der Waals surface area (Å²) in [5.41, 5.74) is 1.17. The molecular formula is C15H24N2O2. The standard InChI is InChI=1S/C15H24N2O2/c1-12(2)11-18-7-8-19-15-10-16-6-5-13(15)9-17-14-3-4-14/h5-6,10,12,14,17H,3-4,7-9,11H2,1-2H3. The maximum absolute atomic E-state index is 5.74. The number of nitrogens with zero attached hydrogens (tertiary/aromatic N) is 1. The summed E-state index contributed by atoms with van der Waals surface area (Å²) >= 11 is 0. The van der Waals surface area contributed by atoms with E-state index in [0.29, 0.717) is 25.2 Å². The van der Waals surface area contributed by atoms with E-state index in [1.165, 1.54) is 18.4 Å². The van der Waals surface area contributed by atoms with E-state index in [1.807, 2.05) is 12.3 Å². The minimum absolute atomic E-state index is 0.566. The van der Waals surface area contributed by atoms with Gasteiger partial charge in [-0.2, -0.15) is 0 Å². The maximum Gasteiger partial charge on any atom is 0.142 e. The Labute approximate surface area is 115 Å². The van der Waals surface area contributed by atoms with Crippen LogP contribution >= 0.6 is 0 Å². The molecule has 0 atom stereocenters. The quantitative estimate of drug-likeness (QED) is 0.695. The molecule has 4 heteroatoms. The van der Waals surface area contributed by atoms with Crippen molar-refractivity contribution in [2.24, 2.45) is 5.92 Å². The normalized spacial score (nSPS) is 14.9. The number of rotatable bonds is 9. The molecule has 1 aromatic heterocycles. The number of aromatic nitrogens is 1. The molecule has 19 heavy (non-hydrogen) atoms. The van der Waals surface area contributed by atoms with Crippen LogP contribution in [0.2, 0.25) is 0 Å². The molecule has 0 saturated heterocycles. The van der Waals surface area contributed by atoms with E-state index in [-0.39, 0.29) is 0 Å². The number of nitrogens with one attached hydrogen (secondary N) is 1. The lowest BCUT2D eigenvalue weighted by atomic mass is 10.2. The van der Waals surface area contributed by atoms with Crippen molar-refractivity contribution in [3.05, 3.63) is 24.0 Å². The molecule has 0 amide bonds. The van der Waals surface area contributed by atoms with Crippen LogP contribution in [0.1, 0.15) is 32.3 Å². The van der Waals surface area contributed by atoms with Crippen LogP contribution in [-0.2, 0) is 11.3 Å². The second-order valence-corrected chi connectivity index (χ2v) is 5.46. The van der Waals surface area contributed by atoms with E-state index < -0.39 is 0 Å². The van der Waals surface area contributed by atoms with Gasteiger partial charge < -0.3 is 14.8 Å². The minimum Gasteiger partial charge on any atom is -0.489 e. The van der Waals surface area contributed by atoms with Gasteiger partial charge in [0.15, 0.2) is 0 Å². The molecule has 0 bridgehead atoms. The molecule has 0 unspecified atom stereocenters. The van der Waals surface area contributed by atoms with Crippen molar-refractivity contribution in [2.75, 3.05) is 19.8 Å². The molecule has 106 valence electrons. The third kappa shape index (κ3) is 5.57. The first-order valence-corrected chi connectivity index (χ1v) is 7.12. The predicted octanol–water partition coefficient (Wildman–Crippen LogP) is 2.39. The van der Waals surface area contributed by atoms with E-state index in [0.717, 1.165) is 18.9 Å².